The fraction of sp³-hybridized carbons (Fsp3) is 0.500. The van der Waals surface area contributed by atoms with Crippen LogP contribution in [-0.2, 0) is 21.3 Å². The van der Waals surface area contributed by atoms with Crippen molar-refractivity contribution in [2.75, 3.05) is 6.26 Å². The summed E-state index contributed by atoms with van der Waals surface area (Å²) in [5.41, 5.74) is 0.0541. The molecular formula is C14H21NO6S. The molecule has 1 amide bonds. The van der Waals surface area contributed by atoms with Gasteiger partial charge < -0.3 is 14.0 Å². The van der Waals surface area contributed by atoms with Crippen LogP contribution >= 0.6 is 0 Å². The van der Waals surface area contributed by atoms with Crippen molar-refractivity contribution in [1.29, 1.82) is 0 Å². The Morgan fingerprint density at radius 1 is 1.27 bits per heavy atom. The number of amides is 1. The molecule has 0 aliphatic heterocycles. The van der Waals surface area contributed by atoms with Crippen molar-refractivity contribution >= 4 is 16.2 Å². The minimum Gasteiger partial charge on any atom is -0.444 e. The van der Waals surface area contributed by atoms with Gasteiger partial charge in [-0.3, -0.25) is 5.32 Å². The third kappa shape index (κ3) is 7.84. The van der Waals surface area contributed by atoms with E-state index in [1.807, 2.05) is 0 Å². The second kappa shape index (κ2) is 6.97. The third-order valence-corrected chi connectivity index (χ3v) is 2.78. The van der Waals surface area contributed by atoms with Crippen molar-refractivity contribution in [1.82, 2.24) is 5.32 Å². The zero-order valence-corrected chi connectivity index (χ0v) is 13.8. The number of rotatable bonds is 5. The number of hydrogen-bond acceptors (Lipinski definition) is 6. The third-order valence-electron chi connectivity index (χ3n) is 2.28. The van der Waals surface area contributed by atoms with E-state index in [9.17, 15) is 18.3 Å². The lowest BCUT2D eigenvalue weighted by Crippen LogP contribution is -2.40. The summed E-state index contributed by atoms with van der Waals surface area (Å²) in [5.74, 6) is 0.181. The van der Waals surface area contributed by atoms with Gasteiger partial charge in [-0.2, -0.15) is 8.42 Å². The van der Waals surface area contributed by atoms with Gasteiger partial charge in [-0.15, -0.1) is 0 Å². The summed E-state index contributed by atoms with van der Waals surface area (Å²) < 4.78 is 31.7. The number of ether oxygens (including phenoxy) is 1. The molecule has 1 rings (SSSR count). The minimum absolute atomic E-state index is 0.151. The maximum atomic E-state index is 11.5. The second-order valence-corrected chi connectivity index (χ2v) is 7.37. The van der Waals surface area contributed by atoms with Gasteiger partial charge in [-0.1, -0.05) is 12.1 Å². The largest absolute Gasteiger partial charge is 0.444 e. The fourth-order valence-corrected chi connectivity index (χ4v) is 2.03. The molecule has 0 saturated heterocycles. The Labute approximate surface area is 130 Å². The van der Waals surface area contributed by atoms with E-state index >= 15 is 0 Å². The highest BCUT2D eigenvalue weighted by molar-refractivity contribution is 7.86. The smallest absolute Gasteiger partial charge is 0.409 e. The lowest BCUT2D eigenvalue weighted by atomic mass is 10.1. The molecule has 7 nitrogen and oxygen atoms in total. The first kappa shape index (κ1) is 18.2. The number of carbonyl (C=O) groups is 1. The van der Waals surface area contributed by atoms with E-state index in [2.05, 4.69) is 5.32 Å². The van der Waals surface area contributed by atoms with Gasteiger partial charge in [-0.25, -0.2) is 4.79 Å². The predicted octanol–water partition coefficient (Wildman–Crippen LogP) is 1.41. The Balaban J connectivity index is 2.55. The number of benzene rings is 1. The first-order valence-corrected chi connectivity index (χ1v) is 8.42. The molecule has 2 N–H and O–H groups in total. The van der Waals surface area contributed by atoms with Gasteiger partial charge in [-0.05, 0) is 38.5 Å². The van der Waals surface area contributed by atoms with Crippen LogP contribution in [0.25, 0.3) is 0 Å². The van der Waals surface area contributed by atoms with Crippen LogP contribution in [0.1, 0.15) is 26.3 Å². The van der Waals surface area contributed by atoms with Crippen molar-refractivity contribution in [3.05, 3.63) is 29.8 Å². The highest BCUT2D eigenvalue weighted by Gasteiger charge is 2.18. The molecule has 22 heavy (non-hydrogen) atoms. The van der Waals surface area contributed by atoms with Crippen LogP contribution in [0.4, 0.5) is 4.79 Å². The highest BCUT2D eigenvalue weighted by atomic mass is 32.2. The lowest BCUT2D eigenvalue weighted by Gasteiger charge is -2.21. The summed E-state index contributed by atoms with van der Waals surface area (Å²) >= 11 is 0. The summed E-state index contributed by atoms with van der Waals surface area (Å²) in [4.78, 5) is 11.5. The molecule has 1 aromatic rings. The number of alkyl carbamates (subject to hydrolysis) is 1. The number of hydrogen-bond donors (Lipinski definition) is 2. The van der Waals surface area contributed by atoms with Crippen molar-refractivity contribution in [3.8, 4) is 5.75 Å². The monoisotopic (exact) mass is 331 g/mol. The summed E-state index contributed by atoms with van der Waals surface area (Å²) in [7, 11) is -3.57. The van der Waals surface area contributed by atoms with Crippen LogP contribution in [0, 0.1) is 0 Å². The van der Waals surface area contributed by atoms with Crippen molar-refractivity contribution in [3.63, 3.8) is 0 Å². The zero-order chi connectivity index (χ0) is 17.0. The van der Waals surface area contributed by atoms with Crippen LogP contribution in [0.2, 0.25) is 0 Å². The molecule has 0 bridgehead atoms. The molecule has 0 fully saturated rings. The van der Waals surface area contributed by atoms with Crippen molar-refractivity contribution in [2.24, 2.45) is 0 Å². The fourth-order valence-electron chi connectivity index (χ4n) is 1.57. The second-order valence-electron chi connectivity index (χ2n) is 5.80. The average Bonchev–Trinajstić information content (AvgIpc) is 2.26. The molecule has 8 heteroatoms. The molecule has 0 aromatic heterocycles. The molecular weight excluding hydrogens is 310 g/mol. The van der Waals surface area contributed by atoms with Gasteiger partial charge >= 0.3 is 16.2 Å². The van der Waals surface area contributed by atoms with E-state index in [1.165, 1.54) is 12.1 Å². The number of nitrogens with one attached hydrogen (secondary N) is 1. The molecule has 0 spiro atoms. The van der Waals surface area contributed by atoms with Crippen molar-refractivity contribution < 1.29 is 27.2 Å². The number of carbonyl (C=O) groups excluding carboxylic acids is 1. The van der Waals surface area contributed by atoms with Gasteiger partial charge in [0.25, 0.3) is 0 Å². The summed E-state index contributed by atoms with van der Waals surface area (Å²) in [6.07, 6.45) is -0.720. The van der Waals surface area contributed by atoms with Gasteiger partial charge in [0.1, 0.15) is 17.6 Å². The SMILES string of the molecule is CC(C)(C)OC(=O)NC(O)Cc1ccc(OS(C)(=O)=O)cc1. The molecule has 124 valence electrons. The van der Waals surface area contributed by atoms with Gasteiger partial charge in [0.2, 0.25) is 0 Å². The van der Waals surface area contributed by atoms with E-state index in [-0.39, 0.29) is 12.2 Å². The van der Waals surface area contributed by atoms with E-state index in [0.29, 0.717) is 5.56 Å². The summed E-state index contributed by atoms with van der Waals surface area (Å²) in [5, 5.41) is 12.1. The maximum absolute atomic E-state index is 11.5. The standard InChI is InChI=1S/C14H21NO6S/c1-14(2,3)20-13(17)15-12(16)9-10-5-7-11(8-6-10)21-22(4,18)19/h5-8,12,16H,9H2,1-4H3,(H,15,17). The van der Waals surface area contributed by atoms with Crippen molar-refractivity contribution in [2.45, 2.75) is 39.0 Å². The molecule has 1 unspecified atom stereocenters. The van der Waals surface area contributed by atoms with E-state index in [0.717, 1.165) is 6.26 Å². The highest BCUT2D eigenvalue weighted by Crippen LogP contribution is 2.15. The van der Waals surface area contributed by atoms with E-state index in [4.69, 9.17) is 8.92 Å². The minimum atomic E-state index is -3.57. The predicted molar refractivity (Wildman–Crippen MR) is 81.0 cm³/mol. The molecule has 0 radical (unpaired) electrons. The van der Waals surface area contributed by atoms with Gasteiger partial charge in [0.15, 0.2) is 0 Å². The van der Waals surface area contributed by atoms with Crippen LogP contribution < -0.4 is 9.50 Å². The maximum Gasteiger partial charge on any atom is 0.409 e. The lowest BCUT2D eigenvalue weighted by molar-refractivity contribution is 0.0359. The molecule has 1 aromatic carbocycles. The molecule has 0 saturated carbocycles. The van der Waals surface area contributed by atoms with Crippen LogP contribution in [-0.4, -0.2) is 37.7 Å². The normalized spacial score (nSPS) is 13.3. The number of aliphatic hydroxyl groups is 1. The van der Waals surface area contributed by atoms with E-state index < -0.39 is 28.0 Å². The zero-order valence-electron chi connectivity index (χ0n) is 13.0. The summed E-state index contributed by atoms with van der Waals surface area (Å²) in [6.45, 7) is 5.17. The Morgan fingerprint density at radius 2 is 1.82 bits per heavy atom. The Kier molecular flexibility index (Phi) is 5.78. The van der Waals surface area contributed by atoms with Crippen LogP contribution in [0.5, 0.6) is 5.75 Å². The Hall–Kier alpha value is -1.80. The molecule has 0 aliphatic rings. The molecule has 1 atom stereocenters. The number of aliphatic hydroxyl groups excluding tert-OH is 1. The Morgan fingerprint density at radius 3 is 2.27 bits per heavy atom. The topological polar surface area (TPSA) is 102 Å². The van der Waals surface area contributed by atoms with Crippen LogP contribution in [0.15, 0.2) is 24.3 Å². The molecule has 0 aliphatic carbocycles. The average molecular weight is 331 g/mol. The first-order valence-electron chi connectivity index (χ1n) is 6.60. The summed E-state index contributed by atoms with van der Waals surface area (Å²) in [6, 6.07) is 6.13. The quantitative estimate of drug-likeness (QED) is 0.625. The van der Waals surface area contributed by atoms with Gasteiger partial charge in [0, 0.05) is 6.42 Å². The van der Waals surface area contributed by atoms with E-state index in [1.54, 1.807) is 32.9 Å². The Bertz CT molecular complexity index is 603. The first-order chi connectivity index (χ1) is 9.94. The molecule has 0 heterocycles. The van der Waals surface area contributed by atoms with Crippen LogP contribution in [0.3, 0.4) is 0 Å². The van der Waals surface area contributed by atoms with Gasteiger partial charge in [0.05, 0.1) is 6.26 Å².